The molecule has 5 aromatic rings. The minimum absolute atomic E-state index is 0.223. The Morgan fingerprint density at radius 1 is 0.879 bits per heavy atom. The van der Waals surface area contributed by atoms with Crippen molar-refractivity contribution in [2.24, 2.45) is 0 Å². The summed E-state index contributed by atoms with van der Waals surface area (Å²) in [7, 11) is 3.27. The zero-order valence-corrected chi connectivity index (χ0v) is 18.2. The van der Waals surface area contributed by atoms with Crippen molar-refractivity contribution in [2.75, 3.05) is 21.0 Å². The van der Waals surface area contributed by atoms with Crippen LogP contribution in [-0.4, -0.2) is 36.2 Å². The molecule has 6 rings (SSSR count). The van der Waals surface area contributed by atoms with Gasteiger partial charge in [-0.2, -0.15) is 5.10 Å². The molecule has 0 atom stereocenters. The third-order valence-corrected chi connectivity index (χ3v) is 5.95. The Bertz CT molecular complexity index is 1490. The number of aromatic nitrogens is 3. The van der Waals surface area contributed by atoms with Gasteiger partial charge in [0.25, 0.3) is 0 Å². The Kier molecular flexibility index (Phi) is 4.54. The van der Waals surface area contributed by atoms with Gasteiger partial charge in [0, 0.05) is 22.8 Å². The highest BCUT2D eigenvalue weighted by atomic mass is 16.7. The van der Waals surface area contributed by atoms with Crippen LogP contribution in [0.5, 0.6) is 23.0 Å². The van der Waals surface area contributed by atoms with Crippen LogP contribution in [0, 0.1) is 0 Å². The summed E-state index contributed by atoms with van der Waals surface area (Å²) in [5.74, 6) is 2.73. The molecular formula is C26H21N3O4. The van der Waals surface area contributed by atoms with Gasteiger partial charge in [-0.05, 0) is 35.9 Å². The standard InChI is InChI=1S/C26H21N3O4/c1-30-21-12-17-18(13-22(21)31-2)25(16-8-9-20-23(11-16)33-14-32-20)27-26-24(17)19(28-29-26)10-15-6-4-3-5-7-15/h3-9,11-13H,10,14H2,1-2H3,(H,27,28,29). The molecular weight excluding hydrogens is 418 g/mol. The normalized spacial score (nSPS) is 12.4. The summed E-state index contributed by atoms with van der Waals surface area (Å²) in [5, 5.41) is 10.7. The summed E-state index contributed by atoms with van der Waals surface area (Å²) in [6, 6.07) is 20.1. The van der Waals surface area contributed by atoms with Crippen molar-refractivity contribution in [1.29, 1.82) is 0 Å². The van der Waals surface area contributed by atoms with Crippen molar-refractivity contribution in [3.05, 3.63) is 71.9 Å². The molecule has 2 aromatic heterocycles. The Morgan fingerprint density at radius 3 is 2.42 bits per heavy atom. The fraction of sp³-hybridized carbons (Fsp3) is 0.154. The van der Waals surface area contributed by atoms with Crippen molar-refractivity contribution >= 4 is 21.8 Å². The zero-order chi connectivity index (χ0) is 22.4. The highest BCUT2D eigenvalue weighted by Crippen LogP contribution is 2.42. The number of aromatic amines is 1. The van der Waals surface area contributed by atoms with Gasteiger partial charge in [-0.1, -0.05) is 30.3 Å². The first-order valence-electron chi connectivity index (χ1n) is 10.6. The van der Waals surface area contributed by atoms with Crippen LogP contribution in [0.4, 0.5) is 0 Å². The van der Waals surface area contributed by atoms with Gasteiger partial charge in [-0.15, -0.1) is 0 Å². The van der Waals surface area contributed by atoms with E-state index >= 15 is 0 Å². The van der Waals surface area contributed by atoms with Gasteiger partial charge < -0.3 is 18.9 Å². The van der Waals surface area contributed by atoms with Crippen LogP contribution < -0.4 is 18.9 Å². The maximum atomic E-state index is 5.62. The lowest BCUT2D eigenvalue weighted by Crippen LogP contribution is -1.95. The molecule has 33 heavy (non-hydrogen) atoms. The summed E-state index contributed by atoms with van der Waals surface area (Å²) < 4.78 is 22.3. The van der Waals surface area contributed by atoms with Gasteiger partial charge in [-0.25, -0.2) is 4.98 Å². The summed E-state index contributed by atoms with van der Waals surface area (Å²) in [5.41, 5.74) is 4.54. The topological polar surface area (TPSA) is 78.5 Å². The Hall–Kier alpha value is -4.26. The van der Waals surface area contributed by atoms with E-state index in [-0.39, 0.29) is 6.79 Å². The van der Waals surface area contributed by atoms with Crippen molar-refractivity contribution in [2.45, 2.75) is 6.42 Å². The van der Waals surface area contributed by atoms with Crippen LogP contribution in [-0.2, 0) is 6.42 Å². The molecule has 0 amide bonds. The number of fused-ring (bicyclic) bond motifs is 4. The van der Waals surface area contributed by atoms with E-state index in [9.17, 15) is 0 Å². The van der Waals surface area contributed by atoms with E-state index in [0.29, 0.717) is 29.3 Å². The molecule has 1 N–H and O–H groups in total. The first kappa shape index (κ1) is 19.4. The predicted octanol–water partition coefficient (Wildman–Crippen LogP) is 5.11. The highest BCUT2D eigenvalue weighted by Gasteiger charge is 2.21. The number of ether oxygens (including phenoxy) is 4. The SMILES string of the molecule is COc1cc2c(-c3ccc4c(c3)OCO4)nc3[nH]nc(Cc4ccccc4)c3c2cc1OC. The van der Waals surface area contributed by atoms with E-state index in [1.165, 1.54) is 5.56 Å². The van der Waals surface area contributed by atoms with Crippen LogP contribution >= 0.6 is 0 Å². The maximum Gasteiger partial charge on any atom is 0.231 e. The van der Waals surface area contributed by atoms with Gasteiger partial charge in [0.05, 0.1) is 31.0 Å². The lowest BCUT2D eigenvalue weighted by molar-refractivity contribution is 0.174. The van der Waals surface area contributed by atoms with Crippen LogP contribution in [0.1, 0.15) is 11.3 Å². The Morgan fingerprint density at radius 2 is 1.64 bits per heavy atom. The Balaban J connectivity index is 1.62. The molecule has 3 aromatic carbocycles. The molecule has 1 aliphatic rings. The first-order chi connectivity index (χ1) is 16.2. The second-order valence-electron chi connectivity index (χ2n) is 7.84. The first-order valence-corrected chi connectivity index (χ1v) is 10.6. The van der Waals surface area contributed by atoms with E-state index in [1.54, 1.807) is 14.2 Å². The molecule has 0 fully saturated rings. The zero-order valence-electron chi connectivity index (χ0n) is 18.2. The van der Waals surface area contributed by atoms with Crippen LogP contribution in [0.3, 0.4) is 0 Å². The summed E-state index contributed by atoms with van der Waals surface area (Å²) >= 11 is 0. The van der Waals surface area contributed by atoms with Gasteiger partial charge >= 0.3 is 0 Å². The number of methoxy groups -OCH3 is 2. The average Bonchev–Trinajstić information content (AvgIpc) is 3.49. The van der Waals surface area contributed by atoms with Crippen molar-refractivity contribution in [1.82, 2.24) is 15.2 Å². The lowest BCUT2D eigenvalue weighted by Gasteiger charge is -2.13. The van der Waals surface area contributed by atoms with Crippen molar-refractivity contribution in [3.63, 3.8) is 0 Å². The molecule has 0 radical (unpaired) electrons. The predicted molar refractivity (Wildman–Crippen MR) is 125 cm³/mol. The molecule has 0 saturated heterocycles. The Labute approximate surface area is 189 Å². The molecule has 7 heteroatoms. The summed E-state index contributed by atoms with van der Waals surface area (Å²) in [6.45, 7) is 0.223. The molecule has 0 aliphatic carbocycles. The molecule has 0 bridgehead atoms. The summed E-state index contributed by atoms with van der Waals surface area (Å²) in [6.07, 6.45) is 0.690. The maximum absolute atomic E-state index is 5.62. The smallest absolute Gasteiger partial charge is 0.231 e. The quantitative estimate of drug-likeness (QED) is 0.410. The number of hydrogen-bond acceptors (Lipinski definition) is 6. The minimum Gasteiger partial charge on any atom is -0.493 e. The highest BCUT2D eigenvalue weighted by molar-refractivity contribution is 6.12. The van der Waals surface area contributed by atoms with E-state index in [1.807, 2.05) is 48.5 Å². The molecule has 1 aliphatic heterocycles. The van der Waals surface area contributed by atoms with Crippen LogP contribution in [0.2, 0.25) is 0 Å². The molecule has 7 nitrogen and oxygen atoms in total. The van der Waals surface area contributed by atoms with Crippen molar-refractivity contribution < 1.29 is 18.9 Å². The molecule has 0 unspecified atom stereocenters. The van der Waals surface area contributed by atoms with E-state index in [4.69, 9.17) is 23.9 Å². The second kappa shape index (κ2) is 7.70. The van der Waals surface area contributed by atoms with E-state index in [2.05, 4.69) is 22.3 Å². The van der Waals surface area contributed by atoms with Crippen molar-refractivity contribution in [3.8, 4) is 34.3 Å². The number of nitrogens with zero attached hydrogens (tertiary/aromatic N) is 2. The lowest BCUT2D eigenvalue weighted by atomic mass is 9.98. The van der Waals surface area contributed by atoms with E-state index < -0.39 is 0 Å². The molecule has 3 heterocycles. The van der Waals surface area contributed by atoms with Crippen LogP contribution in [0.25, 0.3) is 33.1 Å². The number of pyridine rings is 1. The average molecular weight is 439 g/mol. The fourth-order valence-corrected chi connectivity index (χ4v) is 4.37. The molecule has 0 spiro atoms. The summed E-state index contributed by atoms with van der Waals surface area (Å²) in [4.78, 5) is 4.98. The number of H-pyrrole nitrogens is 1. The fourth-order valence-electron chi connectivity index (χ4n) is 4.37. The van der Waals surface area contributed by atoms with Crippen LogP contribution in [0.15, 0.2) is 60.7 Å². The third-order valence-electron chi connectivity index (χ3n) is 5.95. The van der Waals surface area contributed by atoms with E-state index in [0.717, 1.165) is 38.9 Å². The number of hydrogen-bond donors (Lipinski definition) is 1. The number of rotatable bonds is 5. The second-order valence-corrected chi connectivity index (χ2v) is 7.84. The van der Waals surface area contributed by atoms with Gasteiger partial charge in [0.2, 0.25) is 6.79 Å². The third kappa shape index (κ3) is 3.20. The van der Waals surface area contributed by atoms with Gasteiger partial charge in [-0.3, -0.25) is 5.10 Å². The molecule has 164 valence electrons. The largest absolute Gasteiger partial charge is 0.493 e. The number of benzene rings is 3. The van der Waals surface area contributed by atoms with Gasteiger partial charge in [0.1, 0.15) is 0 Å². The number of nitrogens with one attached hydrogen (secondary N) is 1. The minimum atomic E-state index is 0.223. The van der Waals surface area contributed by atoms with Gasteiger partial charge in [0.15, 0.2) is 28.6 Å². The monoisotopic (exact) mass is 439 g/mol. The molecule has 0 saturated carbocycles.